The third kappa shape index (κ3) is 4.34. The molecule has 2 rings (SSSR count). The minimum Gasteiger partial charge on any atom is -0.339 e. The lowest BCUT2D eigenvalue weighted by Crippen LogP contribution is -2.34. The first-order valence-corrected chi connectivity index (χ1v) is 7.11. The molecule has 112 valence electrons. The summed E-state index contributed by atoms with van der Waals surface area (Å²) in [6, 6.07) is 7.44. The monoisotopic (exact) mass is 287 g/mol. The molecule has 5 heteroatoms. The van der Waals surface area contributed by atoms with Crippen LogP contribution in [0.5, 0.6) is 0 Å². The second kappa shape index (κ2) is 6.92. The molecular formula is C16H21N3O2. The first-order chi connectivity index (χ1) is 10.1. The van der Waals surface area contributed by atoms with Gasteiger partial charge in [-0.15, -0.1) is 0 Å². The predicted octanol–water partition coefficient (Wildman–Crippen LogP) is 2.15. The van der Waals surface area contributed by atoms with Crippen LogP contribution in [-0.2, 0) is 4.79 Å². The van der Waals surface area contributed by atoms with Crippen molar-refractivity contribution in [2.24, 2.45) is 5.92 Å². The summed E-state index contributed by atoms with van der Waals surface area (Å²) in [5.74, 6) is 0.263. The third-order valence-electron chi connectivity index (χ3n) is 3.60. The lowest BCUT2D eigenvalue weighted by atomic mass is 10.1. The van der Waals surface area contributed by atoms with Gasteiger partial charge in [0.15, 0.2) is 0 Å². The Labute approximate surface area is 125 Å². The number of rotatable bonds is 4. The Morgan fingerprint density at radius 1 is 1.48 bits per heavy atom. The fourth-order valence-corrected chi connectivity index (χ4v) is 2.46. The first kappa shape index (κ1) is 15.1. The summed E-state index contributed by atoms with van der Waals surface area (Å²) >= 11 is 0. The van der Waals surface area contributed by atoms with Gasteiger partial charge in [0.05, 0.1) is 0 Å². The summed E-state index contributed by atoms with van der Waals surface area (Å²) in [6.07, 6.45) is 2.24. The number of carbonyl (C=O) groups is 2. The molecule has 0 aromatic heterocycles. The molecule has 1 fully saturated rings. The molecule has 1 atom stereocenters. The number of urea groups is 1. The predicted molar refractivity (Wildman–Crippen MR) is 83.1 cm³/mol. The molecule has 1 aromatic carbocycles. The molecular weight excluding hydrogens is 266 g/mol. The van der Waals surface area contributed by atoms with Gasteiger partial charge in [0.2, 0.25) is 5.91 Å². The molecule has 5 nitrogen and oxygen atoms in total. The van der Waals surface area contributed by atoms with Crippen molar-refractivity contribution in [3.05, 3.63) is 42.5 Å². The molecule has 3 amide bonds. The van der Waals surface area contributed by atoms with E-state index in [9.17, 15) is 9.59 Å². The van der Waals surface area contributed by atoms with E-state index < -0.39 is 0 Å². The molecule has 0 spiro atoms. The highest BCUT2D eigenvalue weighted by Gasteiger charge is 2.24. The summed E-state index contributed by atoms with van der Waals surface area (Å²) in [5.41, 5.74) is 1.88. The summed E-state index contributed by atoms with van der Waals surface area (Å²) in [6.45, 7) is 7.44. The second-order valence-corrected chi connectivity index (χ2v) is 5.35. The van der Waals surface area contributed by atoms with Gasteiger partial charge in [0.1, 0.15) is 0 Å². The lowest BCUT2D eigenvalue weighted by molar-refractivity contribution is -0.125. The van der Waals surface area contributed by atoms with E-state index in [-0.39, 0.29) is 11.9 Å². The van der Waals surface area contributed by atoms with E-state index in [2.05, 4.69) is 17.2 Å². The number of likely N-dealkylation sites (tertiary alicyclic amines) is 1. The van der Waals surface area contributed by atoms with Crippen LogP contribution in [0.25, 0.3) is 0 Å². The zero-order chi connectivity index (χ0) is 15.2. The number of anilines is 1. The molecule has 0 radical (unpaired) electrons. The van der Waals surface area contributed by atoms with Crippen LogP contribution >= 0.6 is 0 Å². The molecule has 2 N–H and O–H groups in total. The number of hydrogen-bond donors (Lipinski definition) is 2. The Kier molecular flexibility index (Phi) is 4.98. The van der Waals surface area contributed by atoms with Crippen LogP contribution in [0.1, 0.15) is 12.0 Å². The molecule has 0 aliphatic carbocycles. The van der Waals surface area contributed by atoms with Gasteiger partial charge in [-0.2, -0.15) is 0 Å². The lowest BCUT2D eigenvalue weighted by Gasteiger charge is -2.15. The van der Waals surface area contributed by atoms with Crippen molar-refractivity contribution in [3.8, 4) is 0 Å². The minimum atomic E-state index is -0.214. The molecule has 1 aliphatic rings. The molecule has 21 heavy (non-hydrogen) atoms. The van der Waals surface area contributed by atoms with Crippen LogP contribution in [0.4, 0.5) is 10.5 Å². The fraction of sp³-hybridized carbons (Fsp3) is 0.375. The minimum absolute atomic E-state index is 0.0401. The Balaban J connectivity index is 1.75. The van der Waals surface area contributed by atoms with Crippen molar-refractivity contribution in [3.63, 3.8) is 0 Å². The molecule has 1 unspecified atom stereocenters. The Morgan fingerprint density at radius 3 is 3.00 bits per heavy atom. The average Bonchev–Trinajstić information content (AvgIpc) is 2.93. The number of aryl methyl sites for hydroxylation is 1. The van der Waals surface area contributed by atoms with Gasteiger partial charge in [-0.1, -0.05) is 18.7 Å². The molecule has 0 bridgehead atoms. The summed E-state index contributed by atoms with van der Waals surface area (Å²) in [7, 11) is 0. The maximum atomic E-state index is 11.8. The van der Waals surface area contributed by atoms with Gasteiger partial charge < -0.3 is 15.5 Å². The van der Waals surface area contributed by atoms with Crippen LogP contribution in [0, 0.1) is 12.8 Å². The summed E-state index contributed by atoms with van der Waals surface area (Å²) in [5, 5.41) is 5.66. The fourth-order valence-electron chi connectivity index (χ4n) is 2.46. The number of carbonyl (C=O) groups excluding carboxylic acids is 2. The van der Waals surface area contributed by atoms with Crippen LogP contribution in [0.15, 0.2) is 36.9 Å². The SMILES string of the molecule is C=CC(=O)N1CCC(CNC(=O)Nc2cccc(C)c2)C1. The van der Waals surface area contributed by atoms with E-state index >= 15 is 0 Å². The molecule has 0 saturated carbocycles. The van der Waals surface area contributed by atoms with Gasteiger partial charge >= 0.3 is 6.03 Å². The zero-order valence-electron chi connectivity index (χ0n) is 12.3. The van der Waals surface area contributed by atoms with E-state index in [1.54, 1.807) is 4.90 Å². The smallest absolute Gasteiger partial charge is 0.319 e. The van der Waals surface area contributed by atoms with Crippen molar-refractivity contribution >= 4 is 17.6 Å². The Morgan fingerprint density at radius 2 is 2.29 bits per heavy atom. The van der Waals surface area contributed by atoms with Crippen molar-refractivity contribution in [1.29, 1.82) is 0 Å². The molecule has 1 aliphatic heterocycles. The van der Waals surface area contributed by atoms with Gasteiger partial charge in [-0.05, 0) is 43.0 Å². The summed E-state index contributed by atoms with van der Waals surface area (Å²) < 4.78 is 0. The zero-order valence-corrected chi connectivity index (χ0v) is 12.3. The van der Waals surface area contributed by atoms with E-state index in [4.69, 9.17) is 0 Å². The van der Waals surface area contributed by atoms with Crippen molar-refractivity contribution in [1.82, 2.24) is 10.2 Å². The van der Waals surface area contributed by atoms with E-state index in [0.717, 1.165) is 24.2 Å². The Bertz CT molecular complexity index is 542. The quantitative estimate of drug-likeness (QED) is 0.834. The first-order valence-electron chi connectivity index (χ1n) is 7.11. The van der Waals surface area contributed by atoms with Gasteiger partial charge in [-0.3, -0.25) is 4.79 Å². The van der Waals surface area contributed by atoms with E-state index in [0.29, 0.717) is 19.0 Å². The van der Waals surface area contributed by atoms with Gasteiger partial charge in [-0.25, -0.2) is 4.79 Å². The maximum absolute atomic E-state index is 11.8. The number of nitrogens with zero attached hydrogens (tertiary/aromatic N) is 1. The largest absolute Gasteiger partial charge is 0.339 e. The third-order valence-corrected chi connectivity index (χ3v) is 3.60. The van der Waals surface area contributed by atoms with Crippen molar-refractivity contribution in [2.45, 2.75) is 13.3 Å². The number of nitrogens with one attached hydrogen (secondary N) is 2. The van der Waals surface area contributed by atoms with Gasteiger partial charge in [0, 0.05) is 25.3 Å². The number of benzene rings is 1. The van der Waals surface area contributed by atoms with Gasteiger partial charge in [0.25, 0.3) is 0 Å². The van der Waals surface area contributed by atoms with Crippen LogP contribution in [0.2, 0.25) is 0 Å². The number of hydrogen-bond acceptors (Lipinski definition) is 2. The highest BCUT2D eigenvalue weighted by Crippen LogP contribution is 2.15. The molecule has 1 aromatic rings. The topological polar surface area (TPSA) is 61.4 Å². The van der Waals surface area contributed by atoms with Crippen LogP contribution < -0.4 is 10.6 Å². The van der Waals surface area contributed by atoms with E-state index in [1.807, 2.05) is 31.2 Å². The normalized spacial score (nSPS) is 17.4. The second-order valence-electron chi connectivity index (χ2n) is 5.35. The standard InChI is InChI=1S/C16H21N3O2/c1-3-15(20)19-8-7-13(11-19)10-17-16(21)18-14-6-4-5-12(2)9-14/h3-6,9,13H,1,7-8,10-11H2,2H3,(H2,17,18,21). The van der Waals surface area contributed by atoms with Crippen LogP contribution in [-0.4, -0.2) is 36.5 Å². The average molecular weight is 287 g/mol. The summed E-state index contributed by atoms with van der Waals surface area (Å²) in [4.78, 5) is 25.1. The highest BCUT2D eigenvalue weighted by molar-refractivity contribution is 5.89. The molecule has 1 heterocycles. The Hall–Kier alpha value is -2.30. The van der Waals surface area contributed by atoms with Crippen LogP contribution in [0.3, 0.4) is 0 Å². The van der Waals surface area contributed by atoms with Crippen molar-refractivity contribution in [2.75, 3.05) is 25.0 Å². The highest BCUT2D eigenvalue weighted by atomic mass is 16.2. The maximum Gasteiger partial charge on any atom is 0.319 e. The number of amides is 3. The molecule has 1 saturated heterocycles. The van der Waals surface area contributed by atoms with E-state index in [1.165, 1.54) is 6.08 Å². The van der Waals surface area contributed by atoms with Crippen molar-refractivity contribution < 1.29 is 9.59 Å².